The molecule has 1 fully saturated rings. The molecule has 1 aromatic rings. The van der Waals surface area contributed by atoms with E-state index in [0.717, 1.165) is 37.3 Å². The standard InChI is InChI=1S/C14H19NO2/c1-11-4-2-3-5-13(11)15-14(16)10-12-6-8-17-9-7-12/h2-5,12H,6-10H2,1H3,(H,15,16). The molecule has 0 radical (unpaired) electrons. The molecular formula is C14H19NO2. The molecule has 0 aromatic heterocycles. The average Bonchev–Trinajstić information content (AvgIpc) is 2.33. The Kier molecular flexibility index (Phi) is 4.15. The summed E-state index contributed by atoms with van der Waals surface area (Å²) in [6.07, 6.45) is 2.61. The molecule has 1 aromatic carbocycles. The third-order valence-electron chi connectivity index (χ3n) is 3.23. The maximum Gasteiger partial charge on any atom is 0.224 e. The highest BCUT2D eigenvalue weighted by atomic mass is 16.5. The summed E-state index contributed by atoms with van der Waals surface area (Å²) in [5, 5.41) is 2.98. The number of ether oxygens (including phenoxy) is 1. The Morgan fingerprint density at radius 1 is 1.35 bits per heavy atom. The van der Waals surface area contributed by atoms with E-state index < -0.39 is 0 Å². The van der Waals surface area contributed by atoms with Gasteiger partial charge in [-0.15, -0.1) is 0 Å². The lowest BCUT2D eigenvalue weighted by molar-refractivity contribution is -0.117. The number of para-hydroxylation sites is 1. The molecule has 0 spiro atoms. The molecule has 1 aliphatic heterocycles. The van der Waals surface area contributed by atoms with Gasteiger partial charge in [0.15, 0.2) is 0 Å². The summed E-state index contributed by atoms with van der Waals surface area (Å²) < 4.78 is 5.29. The number of hydrogen-bond acceptors (Lipinski definition) is 2. The number of anilines is 1. The molecule has 0 unspecified atom stereocenters. The van der Waals surface area contributed by atoms with Gasteiger partial charge in [-0.2, -0.15) is 0 Å². The fourth-order valence-electron chi connectivity index (χ4n) is 2.13. The maximum absolute atomic E-state index is 11.9. The van der Waals surface area contributed by atoms with E-state index in [4.69, 9.17) is 4.74 Å². The second-order valence-corrected chi connectivity index (χ2v) is 4.62. The van der Waals surface area contributed by atoms with Crippen molar-refractivity contribution in [1.29, 1.82) is 0 Å². The van der Waals surface area contributed by atoms with Gasteiger partial charge in [-0.1, -0.05) is 18.2 Å². The number of rotatable bonds is 3. The van der Waals surface area contributed by atoms with Gasteiger partial charge in [0.25, 0.3) is 0 Å². The summed E-state index contributed by atoms with van der Waals surface area (Å²) in [6, 6.07) is 7.86. The monoisotopic (exact) mass is 233 g/mol. The Morgan fingerprint density at radius 3 is 2.76 bits per heavy atom. The summed E-state index contributed by atoms with van der Waals surface area (Å²) in [7, 11) is 0. The van der Waals surface area contributed by atoms with Crippen LogP contribution in [0.1, 0.15) is 24.8 Å². The first-order chi connectivity index (χ1) is 8.25. The zero-order valence-electron chi connectivity index (χ0n) is 10.2. The van der Waals surface area contributed by atoms with Gasteiger partial charge in [-0.05, 0) is 37.3 Å². The Morgan fingerprint density at radius 2 is 2.06 bits per heavy atom. The van der Waals surface area contributed by atoms with Crippen molar-refractivity contribution >= 4 is 11.6 Å². The quantitative estimate of drug-likeness (QED) is 0.871. The first-order valence-corrected chi connectivity index (χ1v) is 6.19. The average molecular weight is 233 g/mol. The van der Waals surface area contributed by atoms with Crippen molar-refractivity contribution in [3.8, 4) is 0 Å². The van der Waals surface area contributed by atoms with Crippen molar-refractivity contribution in [3.05, 3.63) is 29.8 Å². The minimum atomic E-state index is 0.117. The van der Waals surface area contributed by atoms with Gasteiger partial charge < -0.3 is 10.1 Å². The molecule has 2 rings (SSSR count). The summed E-state index contributed by atoms with van der Waals surface area (Å²) in [5.74, 6) is 0.596. The second-order valence-electron chi connectivity index (χ2n) is 4.62. The number of aryl methyl sites for hydroxylation is 1. The highest BCUT2D eigenvalue weighted by Gasteiger charge is 2.17. The molecule has 17 heavy (non-hydrogen) atoms. The summed E-state index contributed by atoms with van der Waals surface area (Å²) in [6.45, 7) is 3.59. The normalized spacial score (nSPS) is 16.8. The minimum absolute atomic E-state index is 0.117. The number of benzene rings is 1. The highest BCUT2D eigenvalue weighted by Crippen LogP contribution is 2.20. The van der Waals surface area contributed by atoms with Gasteiger partial charge in [-0.3, -0.25) is 4.79 Å². The predicted octanol–water partition coefficient (Wildman–Crippen LogP) is 2.75. The van der Waals surface area contributed by atoms with Crippen LogP contribution in [0.3, 0.4) is 0 Å². The van der Waals surface area contributed by atoms with Gasteiger partial charge in [-0.25, -0.2) is 0 Å². The molecule has 0 aliphatic carbocycles. The van der Waals surface area contributed by atoms with Crippen molar-refractivity contribution < 1.29 is 9.53 Å². The van der Waals surface area contributed by atoms with E-state index >= 15 is 0 Å². The van der Waals surface area contributed by atoms with Crippen LogP contribution in [0.2, 0.25) is 0 Å². The van der Waals surface area contributed by atoms with E-state index in [0.29, 0.717) is 12.3 Å². The van der Waals surface area contributed by atoms with Crippen LogP contribution in [0, 0.1) is 12.8 Å². The third kappa shape index (κ3) is 3.56. The highest BCUT2D eigenvalue weighted by molar-refractivity contribution is 5.91. The molecule has 1 N–H and O–H groups in total. The van der Waals surface area contributed by atoms with E-state index in [1.54, 1.807) is 0 Å². The molecule has 1 heterocycles. The van der Waals surface area contributed by atoms with Gasteiger partial charge in [0, 0.05) is 25.3 Å². The number of hydrogen-bond donors (Lipinski definition) is 1. The molecule has 1 amide bonds. The van der Waals surface area contributed by atoms with E-state index in [-0.39, 0.29) is 5.91 Å². The zero-order valence-corrected chi connectivity index (χ0v) is 10.2. The lowest BCUT2D eigenvalue weighted by Gasteiger charge is -2.21. The molecule has 3 nitrogen and oxygen atoms in total. The van der Waals surface area contributed by atoms with Crippen LogP contribution < -0.4 is 5.32 Å². The Bertz CT molecular complexity index is 384. The number of carbonyl (C=O) groups is 1. The van der Waals surface area contributed by atoms with Gasteiger partial charge in [0.05, 0.1) is 0 Å². The molecule has 0 atom stereocenters. The lowest BCUT2D eigenvalue weighted by Crippen LogP contribution is -2.22. The van der Waals surface area contributed by atoms with Crippen LogP contribution in [0.5, 0.6) is 0 Å². The Balaban J connectivity index is 1.86. The number of amides is 1. The molecular weight excluding hydrogens is 214 g/mol. The second kappa shape index (κ2) is 5.82. The number of nitrogens with one attached hydrogen (secondary N) is 1. The fourth-order valence-corrected chi connectivity index (χ4v) is 2.13. The molecule has 1 saturated heterocycles. The predicted molar refractivity (Wildman–Crippen MR) is 68.0 cm³/mol. The molecule has 1 aliphatic rings. The molecule has 92 valence electrons. The van der Waals surface area contributed by atoms with Crippen molar-refractivity contribution in [1.82, 2.24) is 0 Å². The van der Waals surface area contributed by atoms with E-state index in [1.807, 2.05) is 31.2 Å². The SMILES string of the molecule is Cc1ccccc1NC(=O)CC1CCOCC1. The van der Waals surface area contributed by atoms with E-state index in [2.05, 4.69) is 5.32 Å². The van der Waals surface area contributed by atoms with Crippen molar-refractivity contribution in [2.24, 2.45) is 5.92 Å². The topological polar surface area (TPSA) is 38.3 Å². The van der Waals surface area contributed by atoms with Crippen LogP contribution in [-0.4, -0.2) is 19.1 Å². The number of carbonyl (C=O) groups excluding carboxylic acids is 1. The fraction of sp³-hybridized carbons (Fsp3) is 0.500. The molecule has 0 bridgehead atoms. The van der Waals surface area contributed by atoms with Crippen LogP contribution in [0.15, 0.2) is 24.3 Å². The summed E-state index contributed by atoms with van der Waals surface area (Å²) >= 11 is 0. The van der Waals surface area contributed by atoms with Crippen molar-refractivity contribution in [2.45, 2.75) is 26.2 Å². The van der Waals surface area contributed by atoms with Crippen LogP contribution in [0.4, 0.5) is 5.69 Å². The largest absolute Gasteiger partial charge is 0.381 e. The molecule has 3 heteroatoms. The Labute approximate surface area is 102 Å². The summed E-state index contributed by atoms with van der Waals surface area (Å²) in [4.78, 5) is 11.9. The Hall–Kier alpha value is -1.35. The third-order valence-corrected chi connectivity index (χ3v) is 3.23. The maximum atomic E-state index is 11.9. The first-order valence-electron chi connectivity index (χ1n) is 6.19. The van der Waals surface area contributed by atoms with Gasteiger partial charge in [0.1, 0.15) is 0 Å². The van der Waals surface area contributed by atoms with Crippen LogP contribution in [0.25, 0.3) is 0 Å². The van der Waals surface area contributed by atoms with Gasteiger partial charge >= 0.3 is 0 Å². The first kappa shape index (κ1) is 12.1. The van der Waals surface area contributed by atoms with Crippen molar-refractivity contribution in [3.63, 3.8) is 0 Å². The smallest absolute Gasteiger partial charge is 0.224 e. The molecule has 0 saturated carbocycles. The van der Waals surface area contributed by atoms with Crippen LogP contribution >= 0.6 is 0 Å². The zero-order chi connectivity index (χ0) is 12.1. The summed E-state index contributed by atoms with van der Waals surface area (Å²) in [5.41, 5.74) is 2.03. The minimum Gasteiger partial charge on any atom is -0.381 e. The van der Waals surface area contributed by atoms with E-state index in [9.17, 15) is 4.79 Å². The lowest BCUT2D eigenvalue weighted by atomic mass is 9.96. The van der Waals surface area contributed by atoms with Gasteiger partial charge in [0.2, 0.25) is 5.91 Å². The van der Waals surface area contributed by atoms with Crippen LogP contribution in [-0.2, 0) is 9.53 Å². The van der Waals surface area contributed by atoms with E-state index in [1.165, 1.54) is 0 Å². The van der Waals surface area contributed by atoms with Crippen molar-refractivity contribution in [2.75, 3.05) is 18.5 Å².